The molecule has 2 heterocycles. The van der Waals surface area contributed by atoms with Gasteiger partial charge < -0.3 is 9.47 Å². The second kappa shape index (κ2) is 10.4. The van der Waals surface area contributed by atoms with Crippen LogP contribution in [0, 0.1) is 0 Å². The average Bonchev–Trinajstić information content (AvgIpc) is 2.94. The van der Waals surface area contributed by atoms with Crippen molar-refractivity contribution in [1.82, 2.24) is 9.97 Å². The standard InChI is InChI=1S/C38H44N2O2/c1-36(2,3)27-20-25(16-19-32(27)41-10)30-17-14-23-12-13-24-15-18-31(40-34(24)33(23)39-30)26-21-28(37(4,5)6)35(42-11)29(22-26)38(7,8)9/h12-22H,1-11H3. The molecule has 2 aromatic heterocycles. The Balaban J connectivity index is 1.73. The van der Waals surface area contributed by atoms with Crippen LogP contribution in [0.5, 0.6) is 11.5 Å². The minimum absolute atomic E-state index is 0.0580. The van der Waals surface area contributed by atoms with Crippen LogP contribution in [0.1, 0.15) is 79.0 Å². The fraction of sp³-hybridized carbons (Fsp3) is 0.368. The lowest BCUT2D eigenvalue weighted by Gasteiger charge is -2.30. The van der Waals surface area contributed by atoms with Crippen LogP contribution in [-0.4, -0.2) is 24.2 Å². The molecular formula is C38H44N2O2. The third-order valence-electron chi connectivity index (χ3n) is 8.03. The van der Waals surface area contributed by atoms with Crippen molar-refractivity contribution in [2.45, 2.75) is 78.6 Å². The summed E-state index contributed by atoms with van der Waals surface area (Å²) in [6.45, 7) is 20.0. The first kappa shape index (κ1) is 29.6. The summed E-state index contributed by atoms with van der Waals surface area (Å²) >= 11 is 0. The molecule has 0 bridgehead atoms. The van der Waals surface area contributed by atoms with E-state index in [1.54, 1.807) is 14.2 Å². The summed E-state index contributed by atoms with van der Waals surface area (Å²) in [7, 11) is 3.50. The maximum atomic E-state index is 6.01. The molecule has 218 valence electrons. The van der Waals surface area contributed by atoms with Crippen molar-refractivity contribution in [3.05, 3.63) is 83.4 Å². The molecule has 0 fully saturated rings. The molecule has 0 saturated carbocycles. The normalized spacial score (nSPS) is 12.6. The van der Waals surface area contributed by atoms with Gasteiger partial charge in [-0.15, -0.1) is 0 Å². The zero-order valence-corrected chi connectivity index (χ0v) is 27.1. The number of hydrogen-bond donors (Lipinski definition) is 0. The van der Waals surface area contributed by atoms with Gasteiger partial charge in [0, 0.05) is 38.6 Å². The molecule has 0 aliphatic carbocycles. The van der Waals surface area contributed by atoms with Crippen molar-refractivity contribution in [3.63, 3.8) is 0 Å². The van der Waals surface area contributed by atoms with Gasteiger partial charge in [0.2, 0.25) is 0 Å². The van der Waals surface area contributed by atoms with Crippen molar-refractivity contribution in [3.8, 4) is 34.0 Å². The number of aromatic nitrogens is 2. The van der Waals surface area contributed by atoms with Crippen molar-refractivity contribution in [2.24, 2.45) is 0 Å². The highest BCUT2D eigenvalue weighted by atomic mass is 16.5. The fourth-order valence-electron chi connectivity index (χ4n) is 5.65. The van der Waals surface area contributed by atoms with E-state index in [0.29, 0.717) is 0 Å². The Kier molecular flexibility index (Phi) is 7.33. The third kappa shape index (κ3) is 5.47. The fourth-order valence-corrected chi connectivity index (χ4v) is 5.65. The first-order valence-corrected chi connectivity index (χ1v) is 14.7. The molecule has 0 unspecified atom stereocenters. The van der Waals surface area contributed by atoms with Gasteiger partial charge in [0.25, 0.3) is 0 Å². The molecule has 0 atom stereocenters. The van der Waals surface area contributed by atoms with Crippen LogP contribution in [0.2, 0.25) is 0 Å². The van der Waals surface area contributed by atoms with E-state index in [0.717, 1.165) is 61.4 Å². The number of nitrogens with zero attached hydrogens (tertiary/aromatic N) is 2. The molecule has 0 amide bonds. The Morgan fingerprint density at radius 3 is 1.33 bits per heavy atom. The smallest absolute Gasteiger partial charge is 0.126 e. The number of benzene rings is 3. The summed E-state index contributed by atoms with van der Waals surface area (Å²) in [4.78, 5) is 10.5. The largest absolute Gasteiger partial charge is 0.496 e. The van der Waals surface area contributed by atoms with Crippen LogP contribution in [0.25, 0.3) is 44.3 Å². The number of methoxy groups -OCH3 is 2. The summed E-state index contributed by atoms with van der Waals surface area (Å²) in [6.07, 6.45) is 0. The van der Waals surface area contributed by atoms with E-state index in [4.69, 9.17) is 19.4 Å². The Morgan fingerprint density at radius 1 is 0.476 bits per heavy atom. The lowest BCUT2D eigenvalue weighted by Crippen LogP contribution is -2.19. The highest BCUT2D eigenvalue weighted by Gasteiger charge is 2.28. The Bertz CT molecular complexity index is 1760. The van der Waals surface area contributed by atoms with Gasteiger partial charge in [0.1, 0.15) is 11.5 Å². The lowest BCUT2D eigenvalue weighted by atomic mass is 9.78. The van der Waals surface area contributed by atoms with Crippen LogP contribution < -0.4 is 9.47 Å². The van der Waals surface area contributed by atoms with E-state index >= 15 is 0 Å². The van der Waals surface area contributed by atoms with Crippen LogP contribution in [0.15, 0.2) is 66.7 Å². The van der Waals surface area contributed by atoms with Gasteiger partial charge in [0.15, 0.2) is 0 Å². The van der Waals surface area contributed by atoms with Crippen molar-refractivity contribution in [2.75, 3.05) is 14.2 Å². The summed E-state index contributed by atoms with van der Waals surface area (Å²) in [5, 5.41) is 2.14. The molecule has 0 aliphatic rings. The quantitative estimate of drug-likeness (QED) is 0.205. The first-order valence-electron chi connectivity index (χ1n) is 14.7. The molecule has 3 aromatic carbocycles. The third-order valence-corrected chi connectivity index (χ3v) is 8.03. The van der Waals surface area contributed by atoms with Gasteiger partial charge in [-0.3, -0.25) is 0 Å². The maximum Gasteiger partial charge on any atom is 0.126 e. The van der Waals surface area contributed by atoms with E-state index < -0.39 is 0 Å². The number of hydrogen-bond acceptors (Lipinski definition) is 4. The van der Waals surface area contributed by atoms with Crippen LogP contribution in [0.4, 0.5) is 0 Å². The molecular weight excluding hydrogens is 516 g/mol. The number of pyridine rings is 2. The minimum Gasteiger partial charge on any atom is -0.496 e. The van der Waals surface area contributed by atoms with Gasteiger partial charge in [0.05, 0.1) is 36.6 Å². The second-order valence-electron chi connectivity index (χ2n) is 14.4. The zero-order valence-electron chi connectivity index (χ0n) is 27.1. The molecule has 4 nitrogen and oxygen atoms in total. The summed E-state index contributed by atoms with van der Waals surface area (Å²) in [5.41, 5.74) is 9.10. The minimum atomic E-state index is -0.0916. The van der Waals surface area contributed by atoms with E-state index in [-0.39, 0.29) is 16.2 Å². The van der Waals surface area contributed by atoms with Crippen molar-refractivity contribution in [1.29, 1.82) is 0 Å². The summed E-state index contributed by atoms with van der Waals surface area (Å²) in [5.74, 6) is 1.86. The Hall–Kier alpha value is -3.92. The van der Waals surface area contributed by atoms with Crippen LogP contribution in [-0.2, 0) is 16.2 Å². The molecule has 0 radical (unpaired) electrons. The molecule has 0 saturated heterocycles. The van der Waals surface area contributed by atoms with E-state index in [9.17, 15) is 0 Å². The van der Waals surface area contributed by atoms with Crippen molar-refractivity contribution < 1.29 is 9.47 Å². The molecule has 0 spiro atoms. The van der Waals surface area contributed by atoms with Gasteiger partial charge in [-0.2, -0.15) is 0 Å². The SMILES string of the molecule is COc1ccc(-c2ccc3ccc4ccc(-c5cc(C(C)(C)C)c(OC)c(C(C)(C)C)c5)nc4c3n2)cc1C(C)(C)C. The van der Waals surface area contributed by atoms with Gasteiger partial charge in [-0.25, -0.2) is 9.97 Å². The number of fused-ring (bicyclic) bond motifs is 3. The Morgan fingerprint density at radius 2 is 0.905 bits per heavy atom. The maximum absolute atomic E-state index is 6.01. The van der Waals surface area contributed by atoms with E-state index in [2.05, 4.69) is 123 Å². The summed E-state index contributed by atoms with van der Waals surface area (Å²) < 4.78 is 11.7. The number of rotatable bonds is 4. The summed E-state index contributed by atoms with van der Waals surface area (Å²) in [6, 6.07) is 23.6. The van der Waals surface area contributed by atoms with E-state index in [1.165, 1.54) is 11.1 Å². The van der Waals surface area contributed by atoms with E-state index in [1.807, 2.05) is 6.07 Å². The first-order chi connectivity index (χ1) is 19.6. The topological polar surface area (TPSA) is 44.2 Å². The van der Waals surface area contributed by atoms with Gasteiger partial charge in [-0.1, -0.05) is 86.6 Å². The second-order valence-corrected chi connectivity index (χ2v) is 14.4. The molecule has 5 rings (SSSR count). The molecule has 5 aromatic rings. The van der Waals surface area contributed by atoms with Crippen molar-refractivity contribution >= 4 is 21.8 Å². The molecule has 4 heteroatoms. The predicted molar refractivity (Wildman–Crippen MR) is 177 cm³/mol. The van der Waals surface area contributed by atoms with Gasteiger partial charge >= 0.3 is 0 Å². The van der Waals surface area contributed by atoms with Crippen LogP contribution in [0.3, 0.4) is 0 Å². The highest BCUT2D eigenvalue weighted by molar-refractivity contribution is 6.04. The number of ether oxygens (including phenoxy) is 2. The molecule has 42 heavy (non-hydrogen) atoms. The van der Waals surface area contributed by atoms with Gasteiger partial charge in [-0.05, 0) is 58.7 Å². The van der Waals surface area contributed by atoms with Crippen LogP contribution >= 0.6 is 0 Å². The Labute approximate surface area is 251 Å². The average molecular weight is 561 g/mol. The highest BCUT2D eigenvalue weighted by Crippen LogP contribution is 2.43. The monoisotopic (exact) mass is 560 g/mol. The zero-order chi connectivity index (χ0) is 30.6. The predicted octanol–water partition coefficient (Wildman–Crippen LogP) is 10.0. The molecule has 0 N–H and O–H groups in total. The molecule has 0 aliphatic heterocycles. The lowest BCUT2D eigenvalue weighted by molar-refractivity contribution is 0.381.